The molecule has 118 valence electrons. The lowest BCUT2D eigenvalue weighted by atomic mass is 9.46. The molecule has 0 aromatic carbocycles. The van der Waals surface area contributed by atoms with E-state index in [1.54, 1.807) is 6.08 Å². The average molecular weight is 316 g/mol. The van der Waals surface area contributed by atoms with Gasteiger partial charge in [0.15, 0.2) is 5.78 Å². The van der Waals surface area contributed by atoms with Gasteiger partial charge in [0.25, 0.3) is 0 Å². The maximum absolute atomic E-state index is 12.4. The summed E-state index contributed by atoms with van der Waals surface area (Å²) < 4.78 is 0. The lowest BCUT2D eigenvalue weighted by molar-refractivity contribution is -0.133. The Balaban J connectivity index is 1.72. The molecule has 3 heteroatoms. The van der Waals surface area contributed by atoms with Crippen LogP contribution in [0.4, 0.5) is 0 Å². The first-order valence-electron chi connectivity index (χ1n) is 8.68. The Morgan fingerprint density at radius 2 is 1.86 bits per heavy atom. The van der Waals surface area contributed by atoms with E-state index in [9.17, 15) is 9.59 Å². The van der Waals surface area contributed by atoms with Crippen molar-refractivity contribution in [1.82, 2.24) is 0 Å². The van der Waals surface area contributed by atoms with Crippen LogP contribution in [0.5, 0.6) is 0 Å². The van der Waals surface area contributed by atoms with Crippen LogP contribution in [0.25, 0.3) is 0 Å². The molecule has 0 amide bonds. The normalized spacial score (nSPS) is 50.5. The molecule has 0 heterocycles. The summed E-state index contributed by atoms with van der Waals surface area (Å²) in [5.41, 5.74) is -0.0417. The van der Waals surface area contributed by atoms with Crippen molar-refractivity contribution < 1.29 is 9.59 Å². The lowest BCUT2D eigenvalue weighted by Gasteiger charge is -2.57. The highest BCUT2D eigenvalue weighted by Gasteiger charge is 2.60. The van der Waals surface area contributed by atoms with E-state index in [1.165, 1.54) is 0 Å². The van der Waals surface area contributed by atoms with E-state index >= 15 is 0 Å². The topological polar surface area (TPSA) is 34.1 Å². The van der Waals surface area contributed by atoms with Crippen LogP contribution >= 0.6 is 12.2 Å². The molecule has 1 unspecified atom stereocenters. The summed E-state index contributed by atoms with van der Waals surface area (Å²) >= 11 is 5.47. The van der Waals surface area contributed by atoms with E-state index in [2.05, 4.69) is 19.9 Å². The van der Waals surface area contributed by atoms with Gasteiger partial charge in [0, 0.05) is 17.8 Å². The second kappa shape index (κ2) is 4.59. The average Bonchev–Trinajstić information content (AvgIpc) is 2.79. The minimum absolute atomic E-state index is 0.0286. The number of carbonyl (C=O) groups is 2. The molecular formula is C19H24O2S. The van der Waals surface area contributed by atoms with Crippen molar-refractivity contribution >= 4 is 28.6 Å². The van der Waals surface area contributed by atoms with Crippen LogP contribution in [0.15, 0.2) is 12.2 Å². The van der Waals surface area contributed by atoms with Crippen LogP contribution in [-0.2, 0) is 9.59 Å². The van der Waals surface area contributed by atoms with E-state index < -0.39 is 0 Å². The van der Waals surface area contributed by atoms with Crippen molar-refractivity contribution in [3.05, 3.63) is 12.2 Å². The molecule has 3 fully saturated rings. The minimum atomic E-state index is -0.0704. The zero-order valence-corrected chi connectivity index (χ0v) is 14.2. The molecule has 0 aliphatic heterocycles. The van der Waals surface area contributed by atoms with Gasteiger partial charge in [-0.15, -0.1) is 0 Å². The molecule has 0 spiro atoms. The van der Waals surface area contributed by atoms with Gasteiger partial charge in [-0.3, -0.25) is 9.59 Å². The fraction of sp³-hybridized carbons (Fsp3) is 0.737. The van der Waals surface area contributed by atoms with Gasteiger partial charge in [-0.05, 0) is 61.3 Å². The molecule has 0 aromatic heterocycles. The summed E-state index contributed by atoms with van der Waals surface area (Å²) in [5.74, 6) is 2.55. The highest BCUT2D eigenvalue weighted by Crippen LogP contribution is 2.63. The third kappa shape index (κ3) is 1.69. The Hall–Kier alpha value is -0.830. The molecule has 6 atom stereocenters. The summed E-state index contributed by atoms with van der Waals surface area (Å²) in [6.07, 6.45) is 10.0. The van der Waals surface area contributed by atoms with Crippen molar-refractivity contribution in [2.45, 2.75) is 52.4 Å². The number of ketones is 2. The number of allylic oxidation sites excluding steroid dienone is 2. The van der Waals surface area contributed by atoms with Gasteiger partial charge in [0.1, 0.15) is 5.78 Å². The second-order valence-corrected chi connectivity index (χ2v) is 8.79. The molecule has 0 saturated heterocycles. The quantitative estimate of drug-likeness (QED) is 0.635. The molecule has 22 heavy (non-hydrogen) atoms. The molecule has 4 aliphatic rings. The first kappa shape index (κ1) is 14.7. The van der Waals surface area contributed by atoms with E-state index in [0.29, 0.717) is 28.4 Å². The summed E-state index contributed by atoms with van der Waals surface area (Å²) in [6, 6.07) is 0. The number of hydrogen-bond donors (Lipinski definition) is 0. The zero-order chi connectivity index (χ0) is 15.7. The number of thiocarbonyl (C=S) groups is 1. The maximum atomic E-state index is 12.4. The molecule has 3 saturated carbocycles. The molecular weight excluding hydrogens is 292 g/mol. The predicted octanol–water partition coefficient (Wildman–Crippen LogP) is 3.92. The second-order valence-electron chi connectivity index (χ2n) is 8.35. The van der Waals surface area contributed by atoms with Gasteiger partial charge in [-0.2, -0.15) is 0 Å². The lowest BCUT2D eigenvalue weighted by Crippen LogP contribution is -2.54. The Kier molecular flexibility index (Phi) is 3.08. The van der Waals surface area contributed by atoms with Gasteiger partial charge in [-0.25, -0.2) is 0 Å². The highest BCUT2D eigenvalue weighted by atomic mass is 32.1. The number of Topliss-reactive ketones (excluding diaryl/α,β-unsaturated/α-hetero) is 1. The first-order valence-corrected chi connectivity index (χ1v) is 9.09. The molecule has 2 nitrogen and oxygen atoms in total. The van der Waals surface area contributed by atoms with Crippen LogP contribution in [0.2, 0.25) is 0 Å². The number of fused-ring (bicyclic) bond motifs is 5. The van der Waals surface area contributed by atoms with Crippen LogP contribution in [0, 0.1) is 34.5 Å². The number of rotatable bonds is 0. The summed E-state index contributed by atoms with van der Waals surface area (Å²) in [7, 11) is 0. The molecule has 0 bridgehead atoms. The Labute approximate surface area is 137 Å². The molecule has 0 aromatic rings. The standard InChI is InChI=1S/C19H24O2S/c1-18-10-8-15(20)17(22)14(18)4-3-11-12-5-6-16(21)19(12,2)9-7-13(11)18/h8,10-14H,3-7,9H2,1-2H3/t11-,12-,13-,14?,18+,19-/m0/s1. The minimum Gasteiger partial charge on any atom is -0.299 e. The summed E-state index contributed by atoms with van der Waals surface area (Å²) in [5, 5.41) is 0. The maximum Gasteiger partial charge on any atom is 0.192 e. The van der Waals surface area contributed by atoms with Crippen molar-refractivity contribution in [2.24, 2.45) is 34.5 Å². The van der Waals surface area contributed by atoms with E-state index in [1.807, 2.05) is 0 Å². The van der Waals surface area contributed by atoms with Gasteiger partial charge in [0.2, 0.25) is 0 Å². The van der Waals surface area contributed by atoms with Crippen molar-refractivity contribution in [1.29, 1.82) is 0 Å². The van der Waals surface area contributed by atoms with Gasteiger partial charge >= 0.3 is 0 Å². The van der Waals surface area contributed by atoms with Crippen molar-refractivity contribution in [3.8, 4) is 0 Å². The third-order valence-electron chi connectivity index (χ3n) is 7.64. The largest absolute Gasteiger partial charge is 0.299 e. The molecule has 0 N–H and O–H groups in total. The first-order chi connectivity index (χ1) is 10.4. The molecule has 4 aliphatic carbocycles. The number of carbonyl (C=O) groups excluding carboxylic acids is 2. The van der Waals surface area contributed by atoms with Gasteiger partial charge in [-0.1, -0.05) is 32.1 Å². The SMILES string of the molecule is C[C@]12C=CC(=O)C(=S)C1CC[C@@H]1[C@@H]2CC[C@]2(C)C(=O)CC[C@@H]12. The smallest absolute Gasteiger partial charge is 0.192 e. The Morgan fingerprint density at radius 3 is 2.64 bits per heavy atom. The third-order valence-corrected chi connectivity index (χ3v) is 8.12. The predicted molar refractivity (Wildman–Crippen MR) is 89.6 cm³/mol. The van der Waals surface area contributed by atoms with Crippen LogP contribution in [-0.4, -0.2) is 16.4 Å². The molecule has 0 radical (unpaired) electrons. The fourth-order valence-corrected chi connectivity index (χ4v) is 6.76. The van der Waals surface area contributed by atoms with E-state index in [4.69, 9.17) is 12.2 Å². The van der Waals surface area contributed by atoms with E-state index in [-0.39, 0.29) is 22.5 Å². The van der Waals surface area contributed by atoms with E-state index in [0.717, 1.165) is 38.5 Å². The zero-order valence-electron chi connectivity index (χ0n) is 13.4. The fourth-order valence-electron chi connectivity index (χ4n) is 6.32. The van der Waals surface area contributed by atoms with Crippen molar-refractivity contribution in [2.75, 3.05) is 0 Å². The molecule has 4 rings (SSSR count). The van der Waals surface area contributed by atoms with Crippen LogP contribution < -0.4 is 0 Å². The van der Waals surface area contributed by atoms with Crippen LogP contribution in [0.3, 0.4) is 0 Å². The Morgan fingerprint density at radius 1 is 1.09 bits per heavy atom. The van der Waals surface area contributed by atoms with Gasteiger partial charge < -0.3 is 0 Å². The van der Waals surface area contributed by atoms with Crippen LogP contribution in [0.1, 0.15) is 52.4 Å². The highest BCUT2D eigenvalue weighted by molar-refractivity contribution is 7.82. The number of hydrogen-bond acceptors (Lipinski definition) is 3. The Bertz CT molecular complexity index is 607. The van der Waals surface area contributed by atoms with Gasteiger partial charge in [0.05, 0.1) is 4.86 Å². The van der Waals surface area contributed by atoms with Crippen molar-refractivity contribution in [3.63, 3.8) is 0 Å². The monoisotopic (exact) mass is 316 g/mol. The summed E-state index contributed by atoms with van der Waals surface area (Å²) in [4.78, 5) is 25.0. The summed E-state index contributed by atoms with van der Waals surface area (Å²) in [6.45, 7) is 4.52.